The van der Waals surface area contributed by atoms with Crippen LogP contribution in [0.3, 0.4) is 0 Å². The van der Waals surface area contributed by atoms with E-state index in [1.807, 2.05) is 5.38 Å². The minimum absolute atomic E-state index is 0.270. The number of halogens is 1. The number of aromatic nitrogens is 1. The molecule has 2 aromatic heterocycles. The third-order valence-electron chi connectivity index (χ3n) is 3.91. The monoisotopic (exact) mass is 367 g/mol. The number of carbonyl (C=O) groups excluding carboxylic acids is 1. The lowest BCUT2D eigenvalue weighted by atomic mass is 10.1. The number of carbonyl (C=O) groups is 1. The molecule has 0 saturated carbocycles. The van der Waals surface area contributed by atoms with Gasteiger partial charge in [-0.1, -0.05) is 12.1 Å². The molecule has 7 heteroatoms. The Hall–Kier alpha value is -3.19. The molecular weight excluding hydrogens is 353 g/mol. The van der Waals surface area contributed by atoms with E-state index in [-0.39, 0.29) is 11.7 Å². The van der Waals surface area contributed by atoms with Crippen molar-refractivity contribution in [1.82, 2.24) is 4.98 Å². The Kier molecular flexibility index (Phi) is 4.14. The normalized spacial score (nSPS) is 11.0. The van der Waals surface area contributed by atoms with Crippen LogP contribution in [0.25, 0.3) is 11.0 Å². The van der Waals surface area contributed by atoms with Gasteiger partial charge in [-0.05, 0) is 35.9 Å². The summed E-state index contributed by atoms with van der Waals surface area (Å²) in [5, 5.41) is 5.79. The predicted molar refractivity (Wildman–Crippen MR) is 99.9 cm³/mol. The van der Waals surface area contributed by atoms with Crippen molar-refractivity contribution in [3.05, 3.63) is 76.7 Å². The maximum atomic E-state index is 13.0. The average Bonchev–Trinajstić information content (AvgIpc) is 3.23. The molecule has 3 N–H and O–H groups in total. The van der Waals surface area contributed by atoms with E-state index in [1.54, 1.807) is 30.3 Å². The summed E-state index contributed by atoms with van der Waals surface area (Å²) >= 11 is 1.33. The second-order valence-corrected chi connectivity index (χ2v) is 6.66. The van der Waals surface area contributed by atoms with Crippen molar-refractivity contribution < 1.29 is 13.6 Å². The molecule has 130 valence electrons. The molecule has 5 nitrogen and oxygen atoms in total. The maximum Gasteiger partial charge on any atom is 0.261 e. The first kappa shape index (κ1) is 16.3. The van der Waals surface area contributed by atoms with Crippen LogP contribution in [0.2, 0.25) is 0 Å². The molecule has 0 aliphatic carbocycles. The molecule has 4 rings (SSSR count). The van der Waals surface area contributed by atoms with E-state index in [9.17, 15) is 9.18 Å². The zero-order valence-electron chi connectivity index (χ0n) is 13.5. The third-order valence-corrected chi connectivity index (χ3v) is 4.72. The first-order valence-electron chi connectivity index (χ1n) is 7.85. The van der Waals surface area contributed by atoms with Crippen molar-refractivity contribution in [3.8, 4) is 0 Å². The van der Waals surface area contributed by atoms with Gasteiger partial charge in [0.2, 0.25) is 0 Å². The van der Waals surface area contributed by atoms with E-state index in [2.05, 4.69) is 10.3 Å². The van der Waals surface area contributed by atoms with E-state index in [0.717, 1.165) is 11.3 Å². The highest BCUT2D eigenvalue weighted by Crippen LogP contribution is 2.25. The first-order chi connectivity index (χ1) is 12.6. The van der Waals surface area contributed by atoms with Crippen molar-refractivity contribution in [3.63, 3.8) is 0 Å². The molecule has 26 heavy (non-hydrogen) atoms. The fourth-order valence-corrected chi connectivity index (χ4v) is 3.35. The smallest absolute Gasteiger partial charge is 0.261 e. The van der Waals surface area contributed by atoms with Crippen LogP contribution >= 0.6 is 11.3 Å². The topological polar surface area (TPSA) is 81.1 Å². The van der Waals surface area contributed by atoms with Gasteiger partial charge in [0.05, 0.1) is 11.3 Å². The minimum Gasteiger partial charge on any atom is -0.463 e. The summed E-state index contributed by atoms with van der Waals surface area (Å²) < 4.78 is 18.4. The molecule has 0 spiro atoms. The summed E-state index contributed by atoms with van der Waals surface area (Å²) in [7, 11) is 0. The molecule has 0 saturated heterocycles. The molecule has 0 aliphatic rings. The fourth-order valence-electron chi connectivity index (χ4n) is 2.64. The van der Waals surface area contributed by atoms with Gasteiger partial charge in [0.15, 0.2) is 5.13 Å². The van der Waals surface area contributed by atoms with Crippen molar-refractivity contribution in [2.75, 3.05) is 11.1 Å². The first-order valence-corrected chi connectivity index (χ1v) is 8.73. The number of hydrogen-bond donors (Lipinski definition) is 2. The molecule has 0 aliphatic heterocycles. The Morgan fingerprint density at radius 3 is 2.85 bits per heavy atom. The van der Waals surface area contributed by atoms with Crippen LogP contribution in [0.15, 0.2) is 58.5 Å². The highest BCUT2D eigenvalue weighted by Gasteiger charge is 2.15. The van der Waals surface area contributed by atoms with E-state index in [0.29, 0.717) is 33.8 Å². The van der Waals surface area contributed by atoms with Crippen molar-refractivity contribution in [2.24, 2.45) is 0 Å². The number of furan rings is 1. The van der Waals surface area contributed by atoms with E-state index in [4.69, 9.17) is 10.2 Å². The van der Waals surface area contributed by atoms with E-state index < -0.39 is 0 Å². The Morgan fingerprint density at radius 2 is 2.04 bits per heavy atom. The number of thiazole rings is 1. The Balaban J connectivity index is 1.50. The number of rotatable bonds is 4. The number of nitrogens with zero attached hydrogens (tertiary/aromatic N) is 1. The number of benzene rings is 2. The van der Waals surface area contributed by atoms with E-state index in [1.165, 1.54) is 29.7 Å². The van der Waals surface area contributed by atoms with Crippen molar-refractivity contribution in [2.45, 2.75) is 6.42 Å². The molecule has 2 heterocycles. The average molecular weight is 367 g/mol. The van der Waals surface area contributed by atoms with Crippen LogP contribution in [-0.2, 0) is 6.42 Å². The predicted octanol–water partition coefficient (Wildman–Crippen LogP) is 4.45. The molecule has 0 atom stereocenters. The third kappa shape index (κ3) is 3.29. The number of anilines is 2. The summed E-state index contributed by atoms with van der Waals surface area (Å²) in [5.41, 5.74) is 9.10. The zero-order valence-corrected chi connectivity index (χ0v) is 14.3. The summed E-state index contributed by atoms with van der Waals surface area (Å²) in [5.74, 6) is -0.579. The molecule has 0 radical (unpaired) electrons. The van der Waals surface area contributed by atoms with Gasteiger partial charge in [-0.3, -0.25) is 10.1 Å². The van der Waals surface area contributed by atoms with Gasteiger partial charge in [-0.25, -0.2) is 9.37 Å². The number of nitrogen functional groups attached to an aromatic ring is 1. The number of hydrogen-bond acceptors (Lipinski definition) is 5. The molecular formula is C19H14FN3O2S. The lowest BCUT2D eigenvalue weighted by molar-refractivity contribution is 0.102. The van der Waals surface area contributed by atoms with Crippen LogP contribution in [-0.4, -0.2) is 10.9 Å². The fraction of sp³-hybridized carbons (Fsp3) is 0.0526. The van der Waals surface area contributed by atoms with Crippen LogP contribution in [0, 0.1) is 5.82 Å². The molecule has 4 aromatic rings. The van der Waals surface area contributed by atoms with Gasteiger partial charge >= 0.3 is 0 Å². The summed E-state index contributed by atoms with van der Waals surface area (Å²) in [4.78, 5) is 16.9. The second-order valence-electron chi connectivity index (χ2n) is 5.81. The minimum atomic E-state index is -0.308. The largest absolute Gasteiger partial charge is 0.463 e. The van der Waals surface area contributed by atoms with Gasteiger partial charge in [-0.15, -0.1) is 11.3 Å². The molecule has 0 fully saturated rings. The van der Waals surface area contributed by atoms with Crippen LogP contribution in [0.5, 0.6) is 0 Å². The second kappa shape index (κ2) is 6.61. The standard InChI is InChI=1S/C19H14FN3O2S/c20-12-3-1-11(2-4-12)7-14-10-26-19(22-14)23-18(24)16-9-25-17-6-5-13(21)8-15(16)17/h1-6,8-10H,7,21H2,(H,22,23,24). The number of amides is 1. The van der Waals surface area contributed by atoms with Crippen LogP contribution < -0.4 is 11.1 Å². The van der Waals surface area contributed by atoms with Crippen LogP contribution in [0.4, 0.5) is 15.2 Å². The SMILES string of the molecule is Nc1ccc2occ(C(=O)Nc3nc(Cc4ccc(F)cc4)cs3)c2c1. The maximum absolute atomic E-state index is 13.0. The highest BCUT2D eigenvalue weighted by atomic mass is 32.1. The summed E-state index contributed by atoms with van der Waals surface area (Å²) in [6.45, 7) is 0. The van der Waals surface area contributed by atoms with Gasteiger partial charge < -0.3 is 10.2 Å². The Bertz CT molecular complexity index is 1090. The van der Waals surface area contributed by atoms with Gasteiger partial charge in [0.1, 0.15) is 17.7 Å². The molecule has 0 bridgehead atoms. The summed E-state index contributed by atoms with van der Waals surface area (Å²) in [6, 6.07) is 11.4. The number of nitrogens with two attached hydrogens (primary N) is 1. The van der Waals surface area contributed by atoms with Gasteiger partial charge in [0.25, 0.3) is 5.91 Å². The van der Waals surface area contributed by atoms with E-state index >= 15 is 0 Å². The Morgan fingerprint density at radius 1 is 1.23 bits per heavy atom. The molecule has 0 unspecified atom stereocenters. The molecule has 1 amide bonds. The Labute approximate surface area is 152 Å². The number of nitrogens with one attached hydrogen (secondary N) is 1. The van der Waals surface area contributed by atoms with Crippen molar-refractivity contribution in [1.29, 1.82) is 0 Å². The lowest BCUT2D eigenvalue weighted by Gasteiger charge is -2.00. The van der Waals surface area contributed by atoms with Crippen molar-refractivity contribution >= 4 is 39.0 Å². The summed E-state index contributed by atoms with van der Waals surface area (Å²) in [6.07, 6.45) is 1.98. The molecule has 2 aromatic carbocycles. The lowest BCUT2D eigenvalue weighted by Crippen LogP contribution is -2.11. The highest BCUT2D eigenvalue weighted by molar-refractivity contribution is 7.14. The quantitative estimate of drug-likeness (QED) is 0.522. The van der Waals surface area contributed by atoms with Gasteiger partial charge in [0, 0.05) is 22.9 Å². The number of fused-ring (bicyclic) bond motifs is 1. The van der Waals surface area contributed by atoms with Gasteiger partial charge in [-0.2, -0.15) is 0 Å². The van der Waals surface area contributed by atoms with Crippen LogP contribution in [0.1, 0.15) is 21.6 Å². The zero-order chi connectivity index (χ0) is 18.1.